The fourth-order valence-corrected chi connectivity index (χ4v) is 2.95. The molecule has 100 valence electrons. The zero-order valence-electron chi connectivity index (χ0n) is 11.1. The molecule has 17 heavy (non-hydrogen) atoms. The third kappa shape index (κ3) is 3.65. The maximum absolute atomic E-state index is 5.79. The van der Waals surface area contributed by atoms with Crippen LogP contribution < -0.4 is 5.73 Å². The first-order valence-electron chi connectivity index (χ1n) is 7.07. The van der Waals surface area contributed by atoms with Gasteiger partial charge in [0.2, 0.25) is 0 Å². The van der Waals surface area contributed by atoms with E-state index in [1.807, 2.05) is 0 Å². The Hall–Kier alpha value is -0.160. The minimum Gasteiger partial charge on any atom is -0.379 e. The van der Waals surface area contributed by atoms with Crippen molar-refractivity contribution in [2.24, 2.45) is 11.7 Å². The van der Waals surface area contributed by atoms with Gasteiger partial charge in [-0.3, -0.25) is 4.90 Å². The number of hydrogen-bond donors (Lipinski definition) is 1. The Balaban J connectivity index is 1.74. The predicted octanol–water partition coefficient (Wildman–Crippen LogP) is 0.378. The van der Waals surface area contributed by atoms with Gasteiger partial charge >= 0.3 is 0 Å². The van der Waals surface area contributed by atoms with E-state index in [2.05, 4.69) is 16.7 Å². The van der Waals surface area contributed by atoms with Gasteiger partial charge in [0.25, 0.3) is 0 Å². The number of likely N-dealkylation sites (tertiary alicyclic amines) is 1. The average Bonchev–Trinajstić information content (AvgIpc) is 2.85. The fourth-order valence-electron chi connectivity index (χ4n) is 2.95. The third-order valence-corrected chi connectivity index (χ3v) is 4.24. The van der Waals surface area contributed by atoms with Crippen molar-refractivity contribution in [3.8, 4) is 0 Å². The van der Waals surface area contributed by atoms with Crippen LogP contribution in [-0.2, 0) is 4.74 Å². The molecule has 0 saturated carbocycles. The summed E-state index contributed by atoms with van der Waals surface area (Å²) in [5.74, 6) is 0.679. The summed E-state index contributed by atoms with van der Waals surface area (Å²) in [5.41, 5.74) is 5.79. The molecule has 4 heteroatoms. The third-order valence-electron chi connectivity index (χ3n) is 4.24. The Morgan fingerprint density at radius 2 is 2.06 bits per heavy atom. The summed E-state index contributed by atoms with van der Waals surface area (Å²) in [6.45, 7) is 10.8. The van der Waals surface area contributed by atoms with Gasteiger partial charge in [0.15, 0.2) is 0 Å². The van der Waals surface area contributed by atoms with Crippen LogP contribution >= 0.6 is 0 Å². The van der Waals surface area contributed by atoms with Gasteiger partial charge in [-0.1, -0.05) is 13.3 Å². The molecule has 0 bridgehead atoms. The van der Waals surface area contributed by atoms with Crippen molar-refractivity contribution >= 4 is 0 Å². The van der Waals surface area contributed by atoms with E-state index in [9.17, 15) is 0 Å². The molecule has 0 aromatic carbocycles. The van der Waals surface area contributed by atoms with Crippen molar-refractivity contribution in [3.63, 3.8) is 0 Å². The summed E-state index contributed by atoms with van der Waals surface area (Å²) in [6, 6.07) is 0.759. The lowest BCUT2D eigenvalue weighted by Crippen LogP contribution is -2.45. The number of ether oxygens (including phenoxy) is 1. The van der Waals surface area contributed by atoms with E-state index in [1.54, 1.807) is 0 Å². The normalized spacial score (nSPS) is 29.6. The highest BCUT2D eigenvalue weighted by atomic mass is 16.5. The maximum atomic E-state index is 5.79. The molecule has 2 rings (SSSR count). The summed E-state index contributed by atoms with van der Waals surface area (Å²) < 4.78 is 5.41. The van der Waals surface area contributed by atoms with E-state index in [-0.39, 0.29) is 0 Å². The van der Waals surface area contributed by atoms with E-state index in [1.165, 1.54) is 32.5 Å². The lowest BCUT2D eigenvalue weighted by molar-refractivity contribution is 0.0182. The Bertz CT molecular complexity index is 215. The summed E-state index contributed by atoms with van der Waals surface area (Å²) in [7, 11) is 0. The highest BCUT2D eigenvalue weighted by Crippen LogP contribution is 2.18. The minimum atomic E-state index is 0.679. The van der Waals surface area contributed by atoms with Gasteiger partial charge in [-0.25, -0.2) is 0 Å². The molecule has 0 aromatic heterocycles. The largest absolute Gasteiger partial charge is 0.379 e. The molecule has 0 amide bonds. The lowest BCUT2D eigenvalue weighted by Gasteiger charge is -2.32. The molecule has 2 N–H and O–H groups in total. The molecule has 2 heterocycles. The number of nitrogens with zero attached hydrogens (tertiary/aromatic N) is 2. The van der Waals surface area contributed by atoms with E-state index in [0.717, 1.165) is 38.9 Å². The number of nitrogens with two attached hydrogens (primary N) is 1. The van der Waals surface area contributed by atoms with Crippen LogP contribution in [0.5, 0.6) is 0 Å². The van der Waals surface area contributed by atoms with Crippen molar-refractivity contribution in [1.29, 1.82) is 0 Å². The summed E-state index contributed by atoms with van der Waals surface area (Å²) in [5, 5.41) is 0. The molecule has 4 nitrogen and oxygen atoms in total. The second-order valence-electron chi connectivity index (χ2n) is 5.36. The average molecular weight is 241 g/mol. The second kappa shape index (κ2) is 6.69. The Morgan fingerprint density at radius 1 is 1.29 bits per heavy atom. The minimum absolute atomic E-state index is 0.679. The van der Waals surface area contributed by atoms with Crippen LogP contribution in [0.4, 0.5) is 0 Å². The van der Waals surface area contributed by atoms with E-state index >= 15 is 0 Å². The smallest absolute Gasteiger partial charge is 0.0594 e. The Morgan fingerprint density at radius 3 is 2.71 bits per heavy atom. The maximum Gasteiger partial charge on any atom is 0.0594 e. The van der Waals surface area contributed by atoms with Gasteiger partial charge in [-0.15, -0.1) is 0 Å². The van der Waals surface area contributed by atoms with Crippen LogP contribution in [-0.4, -0.2) is 68.3 Å². The molecule has 2 atom stereocenters. The van der Waals surface area contributed by atoms with Crippen LogP contribution in [0.15, 0.2) is 0 Å². The number of rotatable bonds is 5. The van der Waals surface area contributed by atoms with E-state index < -0.39 is 0 Å². The van der Waals surface area contributed by atoms with E-state index in [4.69, 9.17) is 10.5 Å². The number of hydrogen-bond acceptors (Lipinski definition) is 4. The molecule has 2 aliphatic heterocycles. The molecule has 0 radical (unpaired) electrons. The summed E-state index contributed by atoms with van der Waals surface area (Å²) in [4.78, 5) is 5.20. The van der Waals surface area contributed by atoms with Gasteiger partial charge in [0.05, 0.1) is 13.2 Å². The van der Waals surface area contributed by atoms with Crippen molar-refractivity contribution in [3.05, 3.63) is 0 Å². The van der Waals surface area contributed by atoms with Crippen LogP contribution in [0.3, 0.4) is 0 Å². The number of morpholine rings is 1. The molecule has 2 saturated heterocycles. The monoisotopic (exact) mass is 241 g/mol. The van der Waals surface area contributed by atoms with Crippen molar-refractivity contribution in [2.45, 2.75) is 25.8 Å². The SMILES string of the molecule is CCC(CN)CN1CCC(N2CCOCC2)C1. The summed E-state index contributed by atoms with van der Waals surface area (Å²) in [6.07, 6.45) is 2.52. The Labute approximate surface area is 105 Å². The van der Waals surface area contributed by atoms with E-state index in [0.29, 0.717) is 5.92 Å². The molecular weight excluding hydrogens is 214 g/mol. The first-order chi connectivity index (χ1) is 8.33. The predicted molar refractivity (Wildman–Crippen MR) is 70.1 cm³/mol. The Kier molecular flexibility index (Phi) is 5.22. The van der Waals surface area contributed by atoms with Gasteiger partial charge in [-0.2, -0.15) is 0 Å². The highest BCUT2D eigenvalue weighted by molar-refractivity contribution is 4.85. The molecule has 2 aliphatic rings. The molecule has 0 aromatic rings. The topological polar surface area (TPSA) is 41.7 Å². The van der Waals surface area contributed by atoms with Crippen LogP contribution in [0.2, 0.25) is 0 Å². The summed E-state index contributed by atoms with van der Waals surface area (Å²) >= 11 is 0. The van der Waals surface area contributed by atoms with Crippen LogP contribution in [0.25, 0.3) is 0 Å². The van der Waals surface area contributed by atoms with Crippen LogP contribution in [0, 0.1) is 5.92 Å². The first kappa shape index (κ1) is 13.3. The zero-order chi connectivity index (χ0) is 12.1. The van der Waals surface area contributed by atoms with Gasteiger partial charge in [-0.05, 0) is 25.4 Å². The lowest BCUT2D eigenvalue weighted by atomic mass is 10.1. The van der Waals surface area contributed by atoms with Gasteiger partial charge < -0.3 is 15.4 Å². The first-order valence-corrected chi connectivity index (χ1v) is 7.07. The molecule has 2 unspecified atom stereocenters. The van der Waals surface area contributed by atoms with Gasteiger partial charge in [0.1, 0.15) is 0 Å². The van der Waals surface area contributed by atoms with Crippen molar-refractivity contribution in [2.75, 3.05) is 52.5 Å². The van der Waals surface area contributed by atoms with Crippen molar-refractivity contribution in [1.82, 2.24) is 9.80 Å². The van der Waals surface area contributed by atoms with Gasteiger partial charge in [0, 0.05) is 32.2 Å². The molecular formula is C13H27N3O. The molecule has 2 fully saturated rings. The highest BCUT2D eigenvalue weighted by Gasteiger charge is 2.29. The fraction of sp³-hybridized carbons (Fsp3) is 1.00. The second-order valence-corrected chi connectivity index (χ2v) is 5.36. The van der Waals surface area contributed by atoms with Crippen molar-refractivity contribution < 1.29 is 4.74 Å². The zero-order valence-corrected chi connectivity index (χ0v) is 11.1. The standard InChI is InChI=1S/C13H27N3O/c1-2-12(9-14)10-15-4-3-13(11-15)16-5-7-17-8-6-16/h12-13H,2-11,14H2,1H3. The molecule has 0 aliphatic carbocycles. The quantitative estimate of drug-likeness (QED) is 0.755. The molecule has 0 spiro atoms. The van der Waals surface area contributed by atoms with Crippen LogP contribution in [0.1, 0.15) is 19.8 Å².